The van der Waals surface area contributed by atoms with Crippen molar-refractivity contribution in [1.29, 1.82) is 0 Å². The van der Waals surface area contributed by atoms with Crippen LogP contribution in [0.2, 0.25) is 0 Å². The zero-order valence-corrected chi connectivity index (χ0v) is 19.2. The first-order valence-corrected chi connectivity index (χ1v) is 10.2. The Morgan fingerprint density at radius 3 is 2.22 bits per heavy atom. The number of methoxy groups -OCH3 is 2. The Balaban J connectivity index is 2.87. The summed E-state index contributed by atoms with van der Waals surface area (Å²) in [5.41, 5.74) is 0.142. The maximum absolute atomic E-state index is 12.8. The van der Waals surface area contributed by atoms with E-state index in [1.807, 2.05) is 30.3 Å². The van der Waals surface area contributed by atoms with Crippen LogP contribution < -0.4 is 10.6 Å². The molecule has 0 saturated carbocycles. The quantitative estimate of drug-likeness (QED) is 0.301. The number of esters is 2. The van der Waals surface area contributed by atoms with Gasteiger partial charge in [-0.15, -0.1) is 0 Å². The number of ether oxygens (including phenoxy) is 3. The molecule has 9 nitrogen and oxygen atoms in total. The maximum Gasteiger partial charge on any atom is 0.408 e. The van der Waals surface area contributed by atoms with Gasteiger partial charge in [0.05, 0.1) is 20.3 Å². The molecular weight excluding hydrogens is 416 g/mol. The summed E-state index contributed by atoms with van der Waals surface area (Å²) in [6.07, 6.45) is 2.20. The molecule has 0 aromatic heterocycles. The van der Waals surface area contributed by atoms with Gasteiger partial charge in [0.1, 0.15) is 11.6 Å². The second-order valence-corrected chi connectivity index (χ2v) is 7.98. The Hall–Kier alpha value is -3.36. The van der Waals surface area contributed by atoms with Crippen molar-refractivity contribution in [2.45, 2.75) is 57.7 Å². The molecule has 1 rings (SSSR count). The SMILES string of the molecule is COC(=O)CC[C@H](N/C=C\C(=O)[C@H](Cc1ccccc1)NC(=O)OC(C)(C)C)C(=O)OC. The normalized spacial score (nSPS) is 13.0. The summed E-state index contributed by atoms with van der Waals surface area (Å²) in [5.74, 6) is -1.45. The number of ketones is 1. The van der Waals surface area contributed by atoms with Crippen LogP contribution in [-0.2, 0) is 35.0 Å². The molecule has 0 unspecified atom stereocenters. The van der Waals surface area contributed by atoms with Crippen LogP contribution in [0.3, 0.4) is 0 Å². The van der Waals surface area contributed by atoms with E-state index in [0.717, 1.165) is 5.56 Å². The third-order valence-corrected chi connectivity index (χ3v) is 4.21. The summed E-state index contributed by atoms with van der Waals surface area (Å²) >= 11 is 0. The summed E-state index contributed by atoms with van der Waals surface area (Å²) in [6, 6.07) is 7.50. The highest BCUT2D eigenvalue weighted by Crippen LogP contribution is 2.09. The van der Waals surface area contributed by atoms with E-state index < -0.39 is 41.5 Å². The molecule has 0 aliphatic carbocycles. The lowest BCUT2D eigenvalue weighted by atomic mass is 10.0. The first-order valence-electron chi connectivity index (χ1n) is 10.2. The minimum atomic E-state index is -0.878. The number of amides is 1. The van der Waals surface area contributed by atoms with E-state index in [-0.39, 0.29) is 19.3 Å². The van der Waals surface area contributed by atoms with Crippen molar-refractivity contribution in [1.82, 2.24) is 10.6 Å². The Morgan fingerprint density at radius 1 is 1.00 bits per heavy atom. The molecule has 0 aliphatic rings. The van der Waals surface area contributed by atoms with Gasteiger partial charge >= 0.3 is 18.0 Å². The van der Waals surface area contributed by atoms with E-state index in [2.05, 4.69) is 15.4 Å². The van der Waals surface area contributed by atoms with E-state index in [0.29, 0.717) is 0 Å². The van der Waals surface area contributed by atoms with Crippen molar-refractivity contribution in [3.05, 3.63) is 48.2 Å². The second kappa shape index (κ2) is 13.1. The Kier molecular flexibility index (Phi) is 11.0. The van der Waals surface area contributed by atoms with Crippen LogP contribution >= 0.6 is 0 Å². The second-order valence-electron chi connectivity index (χ2n) is 7.98. The lowest BCUT2D eigenvalue weighted by molar-refractivity contribution is -0.144. The van der Waals surface area contributed by atoms with Gasteiger partial charge in [-0.25, -0.2) is 9.59 Å². The van der Waals surface area contributed by atoms with Crippen molar-refractivity contribution in [2.75, 3.05) is 14.2 Å². The average Bonchev–Trinajstić information content (AvgIpc) is 2.74. The number of hydrogen-bond acceptors (Lipinski definition) is 8. The minimum absolute atomic E-state index is 0.00187. The summed E-state index contributed by atoms with van der Waals surface area (Å²) in [7, 11) is 2.48. The van der Waals surface area contributed by atoms with Crippen molar-refractivity contribution in [3.63, 3.8) is 0 Å². The molecule has 1 aromatic rings. The molecule has 0 heterocycles. The number of nitrogens with one attached hydrogen (secondary N) is 2. The highest BCUT2D eigenvalue weighted by atomic mass is 16.6. The van der Waals surface area contributed by atoms with Gasteiger partial charge in [-0.3, -0.25) is 9.59 Å². The number of hydrogen-bond donors (Lipinski definition) is 2. The van der Waals surface area contributed by atoms with Crippen LogP contribution in [0, 0.1) is 0 Å². The monoisotopic (exact) mass is 448 g/mol. The van der Waals surface area contributed by atoms with Crippen LogP contribution in [0.15, 0.2) is 42.6 Å². The van der Waals surface area contributed by atoms with Gasteiger partial charge in [-0.05, 0) is 38.8 Å². The molecule has 32 heavy (non-hydrogen) atoms. The molecule has 1 aromatic carbocycles. The molecule has 176 valence electrons. The zero-order chi connectivity index (χ0) is 24.1. The van der Waals surface area contributed by atoms with E-state index in [9.17, 15) is 19.2 Å². The fourth-order valence-electron chi connectivity index (χ4n) is 2.66. The highest BCUT2D eigenvalue weighted by Gasteiger charge is 2.24. The molecule has 0 radical (unpaired) electrons. The molecule has 0 fully saturated rings. The molecule has 1 amide bonds. The highest BCUT2D eigenvalue weighted by molar-refractivity contribution is 5.96. The molecule has 2 N–H and O–H groups in total. The first-order chi connectivity index (χ1) is 15.1. The topological polar surface area (TPSA) is 120 Å². The van der Waals surface area contributed by atoms with Crippen LogP contribution in [0.5, 0.6) is 0 Å². The van der Waals surface area contributed by atoms with E-state index in [1.54, 1.807) is 20.8 Å². The van der Waals surface area contributed by atoms with E-state index in [4.69, 9.17) is 9.47 Å². The predicted molar refractivity (Wildman–Crippen MR) is 118 cm³/mol. The van der Waals surface area contributed by atoms with Crippen LogP contribution in [0.1, 0.15) is 39.2 Å². The molecule has 9 heteroatoms. The van der Waals surface area contributed by atoms with Gasteiger partial charge in [-0.2, -0.15) is 0 Å². The summed E-state index contributed by atoms with van der Waals surface area (Å²) in [4.78, 5) is 48.3. The third kappa shape index (κ3) is 10.6. The zero-order valence-electron chi connectivity index (χ0n) is 19.2. The van der Waals surface area contributed by atoms with Gasteiger partial charge < -0.3 is 24.8 Å². The Bertz CT molecular complexity index is 800. The summed E-state index contributed by atoms with van der Waals surface area (Å²) < 4.78 is 14.6. The molecule has 0 spiro atoms. The van der Waals surface area contributed by atoms with Crippen LogP contribution in [-0.4, -0.2) is 55.7 Å². The predicted octanol–water partition coefficient (Wildman–Crippen LogP) is 2.29. The van der Waals surface area contributed by atoms with E-state index >= 15 is 0 Å². The van der Waals surface area contributed by atoms with Gasteiger partial charge in [-0.1, -0.05) is 30.3 Å². The molecular formula is C23H32N2O7. The number of benzene rings is 1. The number of alkyl carbamates (subject to hydrolysis) is 1. The van der Waals surface area contributed by atoms with Crippen molar-refractivity contribution in [3.8, 4) is 0 Å². The number of carbonyl (C=O) groups is 4. The first kappa shape index (κ1) is 26.7. The average molecular weight is 449 g/mol. The molecule has 2 atom stereocenters. The molecule has 0 saturated heterocycles. The number of carbonyl (C=O) groups excluding carboxylic acids is 4. The number of rotatable bonds is 11. The van der Waals surface area contributed by atoms with E-state index in [1.165, 1.54) is 26.5 Å². The third-order valence-electron chi connectivity index (χ3n) is 4.21. The lowest BCUT2D eigenvalue weighted by Gasteiger charge is -2.22. The largest absolute Gasteiger partial charge is 0.469 e. The Morgan fingerprint density at radius 2 is 1.66 bits per heavy atom. The molecule has 0 aliphatic heterocycles. The van der Waals surface area contributed by atoms with Gasteiger partial charge in [0.25, 0.3) is 0 Å². The van der Waals surface area contributed by atoms with Gasteiger partial charge in [0.2, 0.25) is 0 Å². The van der Waals surface area contributed by atoms with Crippen molar-refractivity contribution < 1.29 is 33.4 Å². The summed E-state index contributed by atoms with van der Waals surface area (Å²) in [5, 5.41) is 5.36. The van der Waals surface area contributed by atoms with Crippen molar-refractivity contribution >= 4 is 23.8 Å². The fourth-order valence-corrected chi connectivity index (χ4v) is 2.66. The van der Waals surface area contributed by atoms with Crippen LogP contribution in [0.4, 0.5) is 4.79 Å². The molecule has 0 bridgehead atoms. The lowest BCUT2D eigenvalue weighted by Crippen LogP contribution is -2.44. The summed E-state index contributed by atoms with van der Waals surface area (Å²) in [6.45, 7) is 5.18. The maximum atomic E-state index is 12.8. The van der Waals surface area contributed by atoms with Gasteiger partial charge in [0.15, 0.2) is 5.78 Å². The Labute approximate surface area is 188 Å². The fraction of sp³-hybridized carbons (Fsp3) is 0.478. The standard InChI is InChI=1S/C23H32N2O7/c1-23(2,3)32-22(29)25-18(15-16-9-7-6-8-10-16)19(26)13-14-24-17(21(28)31-5)11-12-20(27)30-4/h6-10,13-14,17-18,24H,11-12,15H2,1-5H3,(H,25,29)/b14-13-/t17-,18-/m0/s1. The van der Waals surface area contributed by atoms with Gasteiger partial charge in [0, 0.05) is 19.0 Å². The minimum Gasteiger partial charge on any atom is -0.469 e. The smallest absolute Gasteiger partial charge is 0.408 e. The van der Waals surface area contributed by atoms with Crippen molar-refractivity contribution in [2.24, 2.45) is 0 Å². The van der Waals surface area contributed by atoms with Crippen LogP contribution in [0.25, 0.3) is 0 Å².